The molecular weight excluding hydrogens is 252 g/mol. The zero-order valence-corrected chi connectivity index (χ0v) is 12.6. The molecule has 0 saturated heterocycles. The molecule has 0 amide bonds. The molecule has 0 bridgehead atoms. The second-order valence-corrected chi connectivity index (χ2v) is 5.08. The summed E-state index contributed by atoms with van der Waals surface area (Å²) in [6.07, 6.45) is 1.08. The quantitative estimate of drug-likeness (QED) is 0.615. The minimum atomic E-state index is -0.120. The van der Waals surface area contributed by atoms with Crippen LogP contribution >= 0.6 is 0 Å². The van der Waals surface area contributed by atoms with Gasteiger partial charge in [-0.05, 0) is 43.0 Å². The minimum Gasteiger partial charge on any atom is -0.491 e. The van der Waals surface area contributed by atoms with Gasteiger partial charge in [-0.1, -0.05) is 25.7 Å². The van der Waals surface area contributed by atoms with Gasteiger partial charge in [0.05, 0.1) is 6.61 Å². The van der Waals surface area contributed by atoms with E-state index >= 15 is 0 Å². The van der Waals surface area contributed by atoms with Gasteiger partial charge in [-0.2, -0.15) is 0 Å². The van der Waals surface area contributed by atoms with Gasteiger partial charge in [0.1, 0.15) is 19.0 Å². The first kappa shape index (κ1) is 16.6. The normalized spacial score (nSPS) is 10.2. The van der Waals surface area contributed by atoms with Crippen molar-refractivity contribution in [1.82, 2.24) is 0 Å². The molecule has 20 heavy (non-hydrogen) atoms. The van der Waals surface area contributed by atoms with Crippen LogP contribution in [0.2, 0.25) is 0 Å². The molecular formula is C17H24O3. The average molecular weight is 276 g/mol. The maximum Gasteiger partial charge on any atom is 0.122 e. The Morgan fingerprint density at radius 3 is 2.65 bits per heavy atom. The molecule has 0 unspecified atom stereocenters. The maximum absolute atomic E-state index is 8.66. The third-order valence-corrected chi connectivity index (χ3v) is 2.81. The van der Waals surface area contributed by atoms with E-state index in [0.717, 1.165) is 29.9 Å². The fourth-order valence-electron chi connectivity index (χ4n) is 1.66. The molecule has 0 saturated carbocycles. The lowest BCUT2D eigenvalue weighted by molar-refractivity contribution is 0.0924. The Kier molecular flexibility index (Phi) is 7.79. The predicted octanol–water partition coefficient (Wildman–Crippen LogP) is 2.78. The fraction of sp³-hybridized carbons (Fsp3) is 0.529. The number of aryl methyl sites for hydroxylation is 1. The molecule has 1 N–H and O–H groups in total. The third kappa shape index (κ3) is 6.60. The van der Waals surface area contributed by atoms with E-state index in [-0.39, 0.29) is 6.61 Å². The van der Waals surface area contributed by atoms with Gasteiger partial charge < -0.3 is 14.6 Å². The largest absolute Gasteiger partial charge is 0.491 e. The third-order valence-electron chi connectivity index (χ3n) is 2.81. The zero-order chi connectivity index (χ0) is 14.8. The summed E-state index contributed by atoms with van der Waals surface area (Å²) in [5.74, 6) is 7.03. The van der Waals surface area contributed by atoms with Crippen molar-refractivity contribution in [2.45, 2.75) is 27.2 Å². The Bertz CT molecular complexity index is 455. The van der Waals surface area contributed by atoms with E-state index in [1.165, 1.54) is 0 Å². The smallest absolute Gasteiger partial charge is 0.122 e. The monoisotopic (exact) mass is 276 g/mol. The molecule has 3 nitrogen and oxygen atoms in total. The lowest BCUT2D eigenvalue weighted by Crippen LogP contribution is -2.09. The van der Waals surface area contributed by atoms with Crippen molar-refractivity contribution in [3.63, 3.8) is 0 Å². The zero-order valence-electron chi connectivity index (χ0n) is 12.6. The lowest BCUT2D eigenvalue weighted by atomic mass is 10.1. The first-order valence-electron chi connectivity index (χ1n) is 7.04. The number of ether oxygens (including phenoxy) is 2. The van der Waals surface area contributed by atoms with Crippen LogP contribution in [0, 0.1) is 24.7 Å². The molecule has 0 aliphatic carbocycles. The SMILES string of the molecule is Cc1cc(C#CCO)ccc1OCCOCCC(C)C. The van der Waals surface area contributed by atoms with Crippen molar-refractivity contribution >= 4 is 0 Å². The summed E-state index contributed by atoms with van der Waals surface area (Å²) < 4.78 is 11.2. The number of aliphatic hydroxyl groups excluding tert-OH is 1. The van der Waals surface area contributed by atoms with E-state index in [4.69, 9.17) is 14.6 Å². The number of aliphatic hydroxyl groups is 1. The van der Waals surface area contributed by atoms with Crippen LogP contribution in [0.15, 0.2) is 18.2 Å². The van der Waals surface area contributed by atoms with Crippen molar-refractivity contribution < 1.29 is 14.6 Å². The van der Waals surface area contributed by atoms with Crippen LogP contribution in [0.3, 0.4) is 0 Å². The molecule has 0 aliphatic rings. The molecule has 1 aromatic carbocycles. The second-order valence-electron chi connectivity index (χ2n) is 5.08. The number of hydrogen-bond donors (Lipinski definition) is 1. The summed E-state index contributed by atoms with van der Waals surface area (Å²) >= 11 is 0. The van der Waals surface area contributed by atoms with Crippen LogP contribution < -0.4 is 4.74 Å². The van der Waals surface area contributed by atoms with Crippen LogP contribution in [0.4, 0.5) is 0 Å². The summed E-state index contributed by atoms with van der Waals surface area (Å²) in [4.78, 5) is 0. The van der Waals surface area contributed by atoms with Crippen LogP contribution in [-0.4, -0.2) is 31.5 Å². The van der Waals surface area contributed by atoms with E-state index in [1.807, 2.05) is 25.1 Å². The summed E-state index contributed by atoms with van der Waals surface area (Å²) in [7, 11) is 0. The van der Waals surface area contributed by atoms with E-state index in [0.29, 0.717) is 19.1 Å². The summed E-state index contributed by atoms with van der Waals surface area (Å²) in [5.41, 5.74) is 1.93. The van der Waals surface area contributed by atoms with Crippen LogP contribution in [0.25, 0.3) is 0 Å². The molecule has 1 aromatic rings. The van der Waals surface area contributed by atoms with Gasteiger partial charge in [-0.3, -0.25) is 0 Å². The molecule has 0 aliphatic heterocycles. The highest BCUT2D eigenvalue weighted by atomic mass is 16.5. The van der Waals surface area contributed by atoms with Crippen LogP contribution in [0.5, 0.6) is 5.75 Å². The minimum absolute atomic E-state index is 0.120. The van der Waals surface area contributed by atoms with Crippen molar-refractivity contribution in [3.8, 4) is 17.6 Å². The van der Waals surface area contributed by atoms with Crippen molar-refractivity contribution in [3.05, 3.63) is 29.3 Å². The molecule has 0 radical (unpaired) electrons. The summed E-state index contributed by atoms with van der Waals surface area (Å²) in [6, 6.07) is 5.76. The van der Waals surface area contributed by atoms with Crippen molar-refractivity contribution in [2.24, 2.45) is 5.92 Å². The van der Waals surface area contributed by atoms with Gasteiger partial charge in [0.2, 0.25) is 0 Å². The van der Waals surface area contributed by atoms with E-state index in [2.05, 4.69) is 25.7 Å². The number of rotatable bonds is 7. The molecule has 0 heterocycles. The molecule has 0 aromatic heterocycles. The summed E-state index contributed by atoms with van der Waals surface area (Å²) in [5, 5.41) is 8.66. The second kappa shape index (κ2) is 9.41. The van der Waals surface area contributed by atoms with Gasteiger partial charge in [-0.25, -0.2) is 0 Å². The number of hydrogen-bond acceptors (Lipinski definition) is 3. The Hall–Kier alpha value is -1.50. The Labute approximate surface area is 121 Å². The molecule has 0 atom stereocenters. The predicted molar refractivity (Wildman–Crippen MR) is 80.9 cm³/mol. The van der Waals surface area contributed by atoms with Gasteiger partial charge in [0, 0.05) is 12.2 Å². The number of benzene rings is 1. The van der Waals surface area contributed by atoms with Crippen molar-refractivity contribution in [1.29, 1.82) is 0 Å². The maximum atomic E-state index is 8.66. The highest BCUT2D eigenvalue weighted by Gasteiger charge is 2.00. The Morgan fingerprint density at radius 2 is 2.00 bits per heavy atom. The molecule has 1 rings (SSSR count). The Balaban J connectivity index is 2.34. The topological polar surface area (TPSA) is 38.7 Å². The van der Waals surface area contributed by atoms with Crippen LogP contribution in [-0.2, 0) is 4.74 Å². The molecule has 0 spiro atoms. The highest BCUT2D eigenvalue weighted by Crippen LogP contribution is 2.18. The highest BCUT2D eigenvalue weighted by molar-refractivity contribution is 5.43. The summed E-state index contributed by atoms with van der Waals surface area (Å²) in [6.45, 7) is 8.19. The Morgan fingerprint density at radius 1 is 1.20 bits per heavy atom. The first-order chi connectivity index (χ1) is 9.63. The van der Waals surface area contributed by atoms with E-state index in [9.17, 15) is 0 Å². The molecule has 110 valence electrons. The first-order valence-corrected chi connectivity index (χ1v) is 7.04. The van der Waals surface area contributed by atoms with Crippen molar-refractivity contribution in [2.75, 3.05) is 26.4 Å². The lowest BCUT2D eigenvalue weighted by Gasteiger charge is -2.10. The van der Waals surface area contributed by atoms with E-state index < -0.39 is 0 Å². The molecule has 3 heteroatoms. The molecule has 0 fully saturated rings. The standard InChI is InChI=1S/C17H24O3/c1-14(2)8-10-19-11-12-20-17-7-6-16(5-4-9-18)13-15(17)3/h6-7,13-14,18H,8-12H2,1-3H3. The van der Waals surface area contributed by atoms with Crippen LogP contribution in [0.1, 0.15) is 31.4 Å². The van der Waals surface area contributed by atoms with Gasteiger partial charge in [0.25, 0.3) is 0 Å². The van der Waals surface area contributed by atoms with E-state index in [1.54, 1.807) is 0 Å². The van der Waals surface area contributed by atoms with Gasteiger partial charge >= 0.3 is 0 Å². The van der Waals surface area contributed by atoms with Gasteiger partial charge in [0.15, 0.2) is 0 Å². The average Bonchev–Trinajstić information content (AvgIpc) is 2.41. The van der Waals surface area contributed by atoms with Gasteiger partial charge in [-0.15, -0.1) is 0 Å². The fourth-order valence-corrected chi connectivity index (χ4v) is 1.66.